The molecule has 0 spiro atoms. The normalized spacial score (nSPS) is 10.9. The molecule has 0 aliphatic heterocycles. The molecule has 0 atom stereocenters. The van der Waals surface area contributed by atoms with E-state index in [0.29, 0.717) is 38.2 Å². The molecule has 0 saturated carbocycles. The van der Waals surface area contributed by atoms with Crippen LogP contribution < -0.4 is 5.32 Å². The lowest BCUT2D eigenvalue weighted by molar-refractivity contribution is -0.113. The van der Waals surface area contributed by atoms with Gasteiger partial charge >= 0.3 is 0 Å². The molecule has 0 saturated heterocycles. The lowest BCUT2D eigenvalue weighted by Crippen LogP contribution is -2.14. The van der Waals surface area contributed by atoms with Gasteiger partial charge < -0.3 is 15.0 Å². The number of amides is 1. The summed E-state index contributed by atoms with van der Waals surface area (Å²) in [6, 6.07) is 9.59. The van der Waals surface area contributed by atoms with Gasteiger partial charge in [-0.25, -0.2) is 0 Å². The van der Waals surface area contributed by atoms with E-state index in [2.05, 4.69) is 15.5 Å². The summed E-state index contributed by atoms with van der Waals surface area (Å²) in [5.41, 5.74) is 0.962. The largest absolute Gasteiger partial charge is 0.506 e. The second kappa shape index (κ2) is 9.05. The average molecular weight is 458 g/mol. The van der Waals surface area contributed by atoms with Crippen molar-refractivity contribution in [2.24, 2.45) is 0 Å². The Morgan fingerprint density at radius 3 is 2.57 bits per heavy atom. The van der Waals surface area contributed by atoms with Crippen LogP contribution in [0.4, 0.5) is 5.69 Å². The molecule has 2 N–H and O–H groups in total. The van der Waals surface area contributed by atoms with E-state index >= 15 is 0 Å². The maximum Gasteiger partial charge on any atom is 0.234 e. The van der Waals surface area contributed by atoms with Crippen molar-refractivity contribution >= 4 is 58.2 Å². The van der Waals surface area contributed by atoms with Crippen molar-refractivity contribution in [2.45, 2.75) is 18.6 Å². The van der Waals surface area contributed by atoms with Gasteiger partial charge in [-0.3, -0.25) is 4.79 Å². The topological polar surface area (TPSA) is 80.0 Å². The van der Waals surface area contributed by atoms with E-state index in [9.17, 15) is 9.90 Å². The minimum absolute atomic E-state index is 0.0564. The van der Waals surface area contributed by atoms with Crippen molar-refractivity contribution in [3.63, 3.8) is 0 Å². The van der Waals surface area contributed by atoms with Gasteiger partial charge in [0.25, 0.3) is 0 Å². The van der Waals surface area contributed by atoms with Crippen LogP contribution in [0.2, 0.25) is 15.1 Å². The highest BCUT2D eigenvalue weighted by atomic mass is 35.5. The van der Waals surface area contributed by atoms with Gasteiger partial charge in [-0.15, -0.1) is 10.2 Å². The SMILES string of the molecule is CCn1c(SCC(=O)Nc2cc(Cl)ccc2O)nnc1-c1ccc(Cl)cc1Cl. The van der Waals surface area contributed by atoms with Gasteiger partial charge in [0.2, 0.25) is 5.91 Å². The number of nitrogens with zero attached hydrogens (tertiary/aromatic N) is 3. The Labute approximate surface area is 180 Å². The molecular weight excluding hydrogens is 443 g/mol. The Balaban J connectivity index is 1.73. The first-order valence-electron chi connectivity index (χ1n) is 8.18. The number of halogens is 3. The van der Waals surface area contributed by atoms with Crippen molar-refractivity contribution in [2.75, 3.05) is 11.1 Å². The van der Waals surface area contributed by atoms with Gasteiger partial charge in [-0.2, -0.15) is 0 Å². The summed E-state index contributed by atoms with van der Waals surface area (Å²) in [5, 5.41) is 22.8. The number of phenolic OH excluding ortho intramolecular Hbond substituents is 1. The molecule has 1 aromatic heterocycles. The number of phenols is 1. The summed E-state index contributed by atoms with van der Waals surface area (Å²) < 4.78 is 1.87. The third kappa shape index (κ3) is 4.72. The van der Waals surface area contributed by atoms with Crippen LogP contribution in [0.3, 0.4) is 0 Å². The standard InChI is InChI=1S/C18H15Cl3N4O2S/c1-2-25-17(12-5-3-10(19)7-13(12)21)23-24-18(25)28-9-16(27)22-14-8-11(20)4-6-15(14)26/h3-8,26H,2,9H2,1H3,(H,22,27). The Morgan fingerprint density at radius 1 is 1.14 bits per heavy atom. The molecular formula is C18H15Cl3N4O2S. The Kier molecular flexibility index (Phi) is 6.72. The van der Waals surface area contributed by atoms with Crippen molar-refractivity contribution < 1.29 is 9.90 Å². The Bertz CT molecular complexity index is 1030. The van der Waals surface area contributed by atoms with Gasteiger partial charge in [-0.1, -0.05) is 46.6 Å². The number of carbonyl (C=O) groups excluding carboxylic acids is 1. The lowest BCUT2D eigenvalue weighted by Gasteiger charge is -2.09. The third-order valence-corrected chi connectivity index (χ3v) is 5.52. The minimum atomic E-state index is -0.306. The number of rotatable bonds is 6. The first-order valence-corrected chi connectivity index (χ1v) is 10.3. The van der Waals surface area contributed by atoms with Gasteiger partial charge in [0.1, 0.15) is 5.75 Å². The zero-order chi connectivity index (χ0) is 20.3. The predicted octanol–water partition coefficient (Wildman–Crippen LogP) is 5.36. The number of carbonyl (C=O) groups is 1. The second-order valence-corrected chi connectivity index (χ2v) is 7.90. The van der Waals surface area contributed by atoms with Crippen molar-refractivity contribution in [1.82, 2.24) is 14.8 Å². The van der Waals surface area contributed by atoms with Gasteiger partial charge in [-0.05, 0) is 43.3 Å². The van der Waals surface area contributed by atoms with E-state index in [0.717, 1.165) is 0 Å². The Morgan fingerprint density at radius 2 is 1.86 bits per heavy atom. The maximum absolute atomic E-state index is 12.2. The van der Waals surface area contributed by atoms with Crippen molar-refractivity contribution in [3.8, 4) is 17.1 Å². The fourth-order valence-corrected chi connectivity index (χ4v) is 3.94. The maximum atomic E-state index is 12.2. The molecule has 3 rings (SSSR count). The number of nitrogens with one attached hydrogen (secondary N) is 1. The fraction of sp³-hybridized carbons (Fsp3) is 0.167. The quantitative estimate of drug-likeness (QED) is 0.385. The van der Waals surface area contributed by atoms with Gasteiger partial charge in [0.15, 0.2) is 11.0 Å². The first kappa shape index (κ1) is 20.8. The molecule has 0 aliphatic carbocycles. The smallest absolute Gasteiger partial charge is 0.234 e. The highest BCUT2D eigenvalue weighted by molar-refractivity contribution is 7.99. The van der Waals surface area contributed by atoms with Crippen LogP contribution in [-0.4, -0.2) is 31.5 Å². The molecule has 1 heterocycles. The molecule has 0 unspecified atom stereocenters. The summed E-state index contributed by atoms with van der Waals surface area (Å²) in [4.78, 5) is 12.2. The third-order valence-electron chi connectivity index (χ3n) is 3.77. The first-order chi connectivity index (χ1) is 13.4. The minimum Gasteiger partial charge on any atom is -0.506 e. The molecule has 0 radical (unpaired) electrons. The van der Waals surface area contributed by atoms with E-state index in [1.54, 1.807) is 18.2 Å². The van der Waals surface area contributed by atoms with Gasteiger partial charge in [0.05, 0.1) is 16.5 Å². The van der Waals surface area contributed by atoms with E-state index in [-0.39, 0.29) is 23.1 Å². The van der Waals surface area contributed by atoms with E-state index in [1.165, 1.54) is 30.0 Å². The summed E-state index contributed by atoms with van der Waals surface area (Å²) in [5.74, 6) is 0.316. The number of hydrogen-bond acceptors (Lipinski definition) is 5. The van der Waals surface area contributed by atoms with Crippen LogP contribution in [-0.2, 0) is 11.3 Å². The van der Waals surface area contributed by atoms with Gasteiger partial charge in [0, 0.05) is 22.2 Å². The number of aromatic nitrogens is 3. The predicted molar refractivity (Wildman–Crippen MR) is 114 cm³/mol. The molecule has 0 aliphatic rings. The van der Waals surface area contributed by atoms with Crippen molar-refractivity contribution in [3.05, 3.63) is 51.5 Å². The molecule has 0 fully saturated rings. The van der Waals surface area contributed by atoms with Crippen LogP contribution in [0, 0.1) is 0 Å². The lowest BCUT2D eigenvalue weighted by atomic mass is 10.2. The number of aromatic hydroxyl groups is 1. The molecule has 0 bridgehead atoms. The summed E-state index contributed by atoms with van der Waals surface area (Å²) >= 11 is 19.3. The van der Waals surface area contributed by atoms with E-state index < -0.39 is 0 Å². The average Bonchev–Trinajstić information content (AvgIpc) is 3.05. The number of anilines is 1. The molecule has 1 amide bonds. The highest BCUT2D eigenvalue weighted by Gasteiger charge is 2.17. The summed E-state index contributed by atoms with van der Waals surface area (Å²) in [7, 11) is 0. The fourth-order valence-electron chi connectivity index (χ4n) is 2.48. The highest BCUT2D eigenvalue weighted by Crippen LogP contribution is 2.32. The Hall–Kier alpha value is -1.93. The molecule has 10 heteroatoms. The molecule has 146 valence electrons. The van der Waals surface area contributed by atoms with E-state index in [1.807, 2.05) is 11.5 Å². The van der Waals surface area contributed by atoms with Crippen LogP contribution in [0.1, 0.15) is 6.92 Å². The zero-order valence-corrected chi connectivity index (χ0v) is 17.7. The molecule has 3 aromatic rings. The van der Waals surface area contributed by atoms with Crippen LogP contribution >= 0.6 is 46.6 Å². The number of hydrogen-bond donors (Lipinski definition) is 2. The van der Waals surface area contributed by atoms with Crippen LogP contribution in [0.25, 0.3) is 11.4 Å². The number of thioether (sulfide) groups is 1. The van der Waals surface area contributed by atoms with Crippen LogP contribution in [0.5, 0.6) is 5.75 Å². The van der Waals surface area contributed by atoms with Crippen molar-refractivity contribution in [1.29, 1.82) is 0 Å². The monoisotopic (exact) mass is 456 g/mol. The summed E-state index contributed by atoms with van der Waals surface area (Å²) in [6.07, 6.45) is 0. The summed E-state index contributed by atoms with van der Waals surface area (Å²) in [6.45, 7) is 2.55. The number of benzene rings is 2. The molecule has 6 nitrogen and oxygen atoms in total. The molecule has 28 heavy (non-hydrogen) atoms. The van der Waals surface area contributed by atoms with Crippen LogP contribution in [0.15, 0.2) is 41.6 Å². The molecule has 2 aromatic carbocycles. The second-order valence-electron chi connectivity index (χ2n) is 5.67. The van der Waals surface area contributed by atoms with E-state index in [4.69, 9.17) is 34.8 Å². The zero-order valence-electron chi connectivity index (χ0n) is 14.6.